The normalized spacial score (nSPS) is 19.4. The summed E-state index contributed by atoms with van der Waals surface area (Å²) in [6, 6.07) is 12.7. The van der Waals surface area contributed by atoms with Gasteiger partial charge in [-0.05, 0) is 30.3 Å². The van der Waals surface area contributed by atoms with Gasteiger partial charge in [-0.2, -0.15) is 0 Å². The van der Waals surface area contributed by atoms with Crippen molar-refractivity contribution in [3.63, 3.8) is 0 Å². The third-order valence-corrected chi connectivity index (χ3v) is 4.68. The Morgan fingerprint density at radius 2 is 1.92 bits per heavy atom. The summed E-state index contributed by atoms with van der Waals surface area (Å²) in [6.45, 7) is 1.94. The van der Waals surface area contributed by atoms with Gasteiger partial charge in [-0.15, -0.1) is 0 Å². The zero-order valence-electron chi connectivity index (χ0n) is 15.1. The highest BCUT2D eigenvalue weighted by Crippen LogP contribution is 2.18. The fraction of sp³-hybridized carbons (Fsp3) is 0.368. The van der Waals surface area contributed by atoms with Gasteiger partial charge in [0.2, 0.25) is 0 Å². The number of nitrogens with zero attached hydrogens (tertiary/aromatic N) is 3. The molecule has 2 aromatic rings. The minimum absolute atomic E-state index is 0.000561. The first-order valence-electron chi connectivity index (χ1n) is 8.69. The zero-order chi connectivity index (χ0) is 18.7. The van der Waals surface area contributed by atoms with E-state index in [0.717, 1.165) is 11.4 Å². The van der Waals surface area contributed by atoms with Crippen molar-refractivity contribution in [2.45, 2.75) is 6.04 Å². The topological polar surface area (TPSA) is 83.6 Å². The van der Waals surface area contributed by atoms with Crippen LogP contribution in [0.4, 0.5) is 10.5 Å². The number of carbonyl (C=O) groups excluding carboxylic acids is 1. The van der Waals surface area contributed by atoms with Crippen LogP contribution < -0.4 is 16.6 Å². The molecule has 0 aliphatic carbocycles. The van der Waals surface area contributed by atoms with E-state index in [1.54, 1.807) is 40.7 Å². The highest BCUT2D eigenvalue weighted by molar-refractivity contribution is 5.74. The third kappa shape index (κ3) is 3.88. The van der Waals surface area contributed by atoms with Gasteiger partial charge in [0.1, 0.15) is 0 Å². The van der Waals surface area contributed by atoms with E-state index in [-0.39, 0.29) is 23.6 Å². The zero-order valence-corrected chi connectivity index (χ0v) is 15.1. The number of nitrogens with two attached hydrogens (primary N) is 1. The number of anilines is 1. The average Bonchev–Trinajstić information content (AvgIpc) is 3.01. The fourth-order valence-corrected chi connectivity index (χ4v) is 3.18. The van der Waals surface area contributed by atoms with E-state index in [9.17, 15) is 9.59 Å². The molecule has 2 unspecified atom stereocenters. The van der Waals surface area contributed by atoms with E-state index in [4.69, 9.17) is 5.73 Å². The first kappa shape index (κ1) is 18.0. The van der Waals surface area contributed by atoms with Gasteiger partial charge in [0, 0.05) is 69.3 Å². The number of urea groups is 1. The van der Waals surface area contributed by atoms with Crippen molar-refractivity contribution in [3.8, 4) is 5.69 Å². The number of hydrogen-bond acceptors (Lipinski definition) is 4. The first-order valence-corrected chi connectivity index (χ1v) is 8.69. The Hall–Kier alpha value is -2.80. The summed E-state index contributed by atoms with van der Waals surface area (Å²) in [4.78, 5) is 27.3. The van der Waals surface area contributed by atoms with Crippen molar-refractivity contribution >= 4 is 11.7 Å². The molecule has 2 heterocycles. The minimum atomic E-state index is -0.0595. The second kappa shape index (κ2) is 7.61. The van der Waals surface area contributed by atoms with Crippen LogP contribution in [0.25, 0.3) is 5.69 Å². The molecule has 0 bridgehead atoms. The molecule has 1 fully saturated rings. The molecular formula is C19H25N5O2. The number of likely N-dealkylation sites (tertiary alicyclic amines) is 1. The number of hydrogen-bond donors (Lipinski definition) is 2. The Labute approximate surface area is 153 Å². The summed E-state index contributed by atoms with van der Waals surface area (Å²) >= 11 is 0. The predicted molar refractivity (Wildman–Crippen MR) is 103 cm³/mol. The second-order valence-corrected chi connectivity index (χ2v) is 6.84. The molecule has 1 saturated heterocycles. The van der Waals surface area contributed by atoms with E-state index in [2.05, 4.69) is 5.32 Å². The molecule has 0 radical (unpaired) electrons. The molecule has 3 N–H and O–H groups in total. The quantitative estimate of drug-likeness (QED) is 0.863. The number of nitrogens with one attached hydrogen (secondary N) is 1. The van der Waals surface area contributed by atoms with Crippen molar-refractivity contribution in [1.82, 2.24) is 14.4 Å². The van der Waals surface area contributed by atoms with Gasteiger partial charge >= 0.3 is 6.03 Å². The number of rotatable bonds is 4. The maximum absolute atomic E-state index is 12.1. The molecule has 1 aliphatic heterocycles. The molecule has 0 saturated carbocycles. The Morgan fingerprint density at radius 1 is 1.19 bits per heavy atom. The summed E-state index contributed by atoms with van der Waals surface area (Å²) in [6.07, 6.45) is 1.75. The van der Waals surface area contributed by atoms with E-state index in [1.807, 2.05) is 30.3 Å². The molecule has 138 valence electrons. The van der Waals surface area contributed by atoms with Crippen LogP contribution in [-0.2, 0) is 0 Å². The maximum atomic E-state index is 12.1. The molecule has 7 nitrogen and oxygen atoms in total. The predicted octanol–water partition coefficient (Wildman–Crippen LogP) is 1.19. The molecule has 2 atom stereocenters. The minimum Gasteiger partial charge on any atom is -0.385 e. The number of pyridine rings is 1. The highest BCUT2D eigenvalue weighted by Gasteiger charge is 2.33. The van der Waals surface area contributed by atoms with Crippen LogP contribution in [0.5, 0.6) is 0 Å². The van der Waals surface area contributed by atoms with E-state index < -0.39 is 0 Å². The highest BCUT2D eigenvalue weighted by atomic mass is 16.2. The van der Waals surface area contributed by atoms with Crippen LogP contribution in [-0.4, -0.2) is 60.2 Å². The summed E-state index contributed by atoms with van der Waals surface area (Å²) in [5.74, 6) is 0.204. The molecule has 3 rings (SSSR count). The lowest BCUT2D eigenvalue weighted by Gasteiger charge is -2.21. The molecular weight excluding hydrogens is 330 g/mol. The van der Waals surface area contributed by atoms with Crippen molar-refractivity contribution < 1.29 is 4.79 Å². The van der Waals surface area contributed by atoms with E-state index >= 15 is 0 Å². The third-order valence-electron chi connectivity index (χ3n) is 4.68. The Balaban J connectivity index is 1.60. The van der Waals surface area contributed by atoms with Crippen LogP contribution in [0.1, 0.15) is 0 Å². The SMILES string of the molecule is CN(C)C(=O)N1CC(N)C(CNc2ccc(-n3ccccc3=O)cc2)C1. The van der Waals surface area contributed by atoms with Crippen LogP contribution in [0, 0.1) is 5.92 Å². The molecule has 1 aromatic heterocycles. The van der Waals surface area contributed by atoms with Gasteiger partial charge in [0.15, 0.2) is 0 Å². The van der Waals surface area contributed by atoms with Crippen molar-refractivity contribution in [1.29, 1.82) is 0 Å². The lowest BCUT2D eigenvalue weighted by molar-refractivity contribution is 0.180. The monoisotopic (exact) mass is 355 g/mol. The summed E-state index contributed by atoms with van der Waals surface area (Å²) in [5, 5.41) is 3.38. The number of carbonyl (C=O) groups is 1. The molecule has 1 aromatic carbocycles. The maximum Gasteiger partial charge on any atom is 0.319 e. The van der Waals surface area contributed by atoms with Gasteiger partial charge in [-0.3, -0.25) is 9.36 Å². The summed E-state index contributed by atoms with van der Waals surface area (Å²) in [7, 11) is 3.50. The molecule has 26 heavy (non-hydrogen) atoms. The smallest absolute Gasteiger partial charge is 0.319 e. The van der Waals surface area contributed by atoms with Crippen molar-refractivity contribution in [2.75, 3.05) is 39.0 Å². The fourth-order valence-electron chi connectivity index (χ4n) is 3.18. The summed E-state index contributed by atoms with van der Waals surface area (Å²) < 4.78 is 1.60. The second-order valence-electron chi connectivity index (χ2n) is 6.84. The molecule has 7 heteroatoms. The van der Waals surface area contributed by atoms with Crippen molar-refractivity contribution in [3.05, 3.63) is 59.0 Å². The number of aromatic nitrogens is 1. The average molecular weight is 355 g/mol. The first-order chi connectivity index (χ1) is 12.5. The van der Waals surface area contributed by atoms with Gasteiger partial charge < -0.3 is 20.9 Å². The molecule has 2 amide bonds. The summed E-state index contributed by atoms with van der Waals surface area (Å²) in [5.41, 5.74) is 7.92. The van der Waals surface area contributed by atoms with Gasteiger partial charge in [0.05, 0.1) is 0 Å². The number of benzene rings is 1. The van der Waals surface area contributed by atoms with Gasteiger partial charge in [0.25, 0.3) is 5.56 Å². The number of amides is 2. The van der Waals surface area contributed by atoms with Crippen LogP contribution in [0.15, 0.2) is 53.5 Å². The molecule has 0 spiro atoms. The van der Waals surface area contributed by atoms with Crippen molar-refractivity contribution in [2.24, 2.45) is 11.7 Å². The molecule has 1 aliphatic rings. The van der Waals surface area contributed by atoms with Crippen LogP contribution >= 0.6 is 0 Å². The van der Waals surface area contributed by atoms with E-state index in [0.29, 0.717) is 19.6 Å². The van der Waals surface area contributed by atoms with Crippen LogP contribution in [0.3, 0.4) is 0 Å². The Bertz CT molecular complexity index is 815. The van der Waals surface area contributed by atoms with Crippen LogP contribution in [0.2, 0.25) is 0 Å². The standard InChI is InChI=1S/C19H25N5O2/c1-22(2)19(26)23-12-14(17(20)13-23)11-21-15-6-8-16(9-7-15)24-10-4-3-5-18(24)25/h3-10,14,17,21H,11-13,20H2,1-2H3. The Morgan fingerprint density at radius 3 is 2.58 bits per heavy atom. The lowest BCUT2D eigenvalue weighted by atomic mass is 10.0. The van der Waals surface area contributed by atoms with Gasteiger partial charge in [-0.25, -0.2) is 4.79 Å². The van der Waals surface area contributed by atoms with E-state index in [1.165, 1.54) is 6.07 Å². The Kier molecular flexibility index (Phi) is 5.27. The lowest BCUT2D eigenvalue weighted by Crippen LogP contribution is -2.38. The van der Waals surface area contributed by atoms with Gasteiger partial charge in [-0.1, -0.05) is 6.07 Å². The largest absolute Gasteiger partial charge is 0.385 e.